The third-order valence-electron chi connectivity index (χ3n) is 4.04. The summed E-state index contributed by atoms with van der Waals surface area (Å²) < 4.78 is 63.4. The van der Waals surface area contributed by atoms with E-state index in [9.17, 15) is 22.0 Å². The molecule has 5 unspecified atom stereocenters. The zero-order chi connectivity index (χ0) is 15.4. The van der Waals surface area contributed by atoms with Crippen molar-refractivity contribution in [1.82, 2.24) is 0 Å². The van der Waals surface area contributed by atoms with Gasteiger partial charge >= 0.3 is 11.2 Å². The first-order chi connectivity index (χ1) is 9.76. The first-order valence-corrected chi connectivity index (χ1v) is 8.14. The number of halogens is 2. The highest BCUT2D eigenvalue weighted by Crippen LogP contribution is 2.55. The number of esters is 1. The molecule has 3 aliphatic rings. The number of alkyl halides is 2. The summed E-state index contributed by atoms with van der Waals surface area (Å²) in [6.45, 7) is 0. The first-order valence-electron chi connectivity index (χ1n) is 5.93. The number of hydrogen-bond donors (Lipinski definition) is 1. The molecule has 2 bridgehead atoms. The molecule has 2 aliphatic carbocycles. The Hall–Kier alpha value is -0.530. The Kier molecular flexibility index (Phi) is 3.65. The van der Waals surface area contributed by atoms with Crippen molar-refractivity contribution < 1.29 is 45.5 Å². The highest BCUT2D eigenvalue weighted by molar-refractivity contribution is 7.96. The highest BCUT2D eigenvalue weighted by Gasteiger charge is 2.66. The summed E-state index contributed by atoms with van der Waals surface area (Å²) in [5, 5.41) is 5.56. The molecule has 2 saturated carbocycles. The van der Waals surface area contributed by atoms with Crippen LogP contribution in [0.5, 0.6) is 0 Å². The molecule has 1 N–H and O–H groups in total. The highest BCUT2D eigenvalue weighted by atomic mass is 32.2. The van der Waals surface area contributed by atoms with E-state index in [1.165, 1.54) is 0 Å². The van der Waals surface area contributed by atoms with Crippen LogP contribution in [0.4, 0.5) is 8.78 Å². The molecule has 120 valence electrons. The van der Waals surface area contributed by atoms with E-state index < -0.39 is 50.8 Å². The maximum atomic E-state index is 13.3. The Morgan fingerprint density at radius 1 is 1.38 bits per heavy atom. The molecule has 0 amide bonds. The van der Waals surface area contributed by atoms with Crippen LogP contribution in [-0.2, 0) is 33.2 Å². The lowest BCUT2D eigenvalue weighted by Gasteiger charge is -2.25. The van der Waals surface area contributed by atoms with Gasteiger partial charge in [0.1, 0.15) is 23.4 Å². The Morgan fingerprint density at radius 3 is 2.76 bits per heavy atom. The van der Waals surface area contributed by atoms with Crippen molar-refractivity contribution in [1.29, 1.82) is 0 Å². The van der Waals surface area contributed by atoms with Gasteiger partial charge in [-0.15, -0.1) is 4.33 Å². The maximum absolute atomic E-state index is 13.3. The zero-order valence-electron chi connectivity index (χ0n) is 10.2. The summed E-state index contributed by atoms with van der Waals surface area (Å²) in [5.74, 6) is -2.60. The topological polar surface area (TPSA) is 108 Å². The largest absolute Gasteiger partial charge is 0.455 e. The molecule has 21 heavy (non-hydrogen) atoms. The van der Waals surface area contributed by atoms with Crippen LogP contribution in [0.25, 0.3) is 0 Å². The van der Waals surface area contributed by atoms with Crippen molar-refractivity contribution in [2.45, 2.75) is 35.6 Å². The summed E-state index contributed by atoms with van der Waals surface area (Å²) >= 11 is -0.751. The van der Waals surface area contributed by atoms with E-state index in [1.54, 1.807) is 0 Å². The molecule has 0 spiro atoms. The molecule has 8 nitrogen and oxygen atoms in total. The van der Waals surface area contributed by atoms with Crippen molar-refractivity contribution in [3.63, 3.8) is 0 Å². The van der Waals surface area contributed by atoms with Gasteiger partial charge in [-0.25, -0.2) is 10.1 Å². The summed E-state index contributed by atoms with van der Waals surface area (Å²) in [6.07, 6.45) is -0.789. The molecule has 1 saturated heterocycles. The van der Waals surface area contributed by atoms with Gasteiger partial charge in [-0.3, -0.25) is 4.18 Å². The lowest BCUT2D eigenvalue weighted by molar-refractivity contribution is -0.433. The Morgan fingerprint density at radius 2 is 2.10 bits per heavy atom. The van der Waals surface area contributed by atoms with Crippen LogP contribution in [0.2, 0.25) is 0 Å². The second kappa shape index (κ2) is 4.99. The smallest absolute Gasteiger partial charge is 0.415 e. The number of carbonyl (C=O) groups excluding carboxylic acids is 1. The number of ether oxygens (including phenoxy) is 1. The van der Waals surface area contributed by atoms with Gasteiger partial charge < -0.3 is 4.74 Å². The fourth-order valence-corrected chi connectivity index (χ4v) is 5.62. The van der Waals surface area contributed by atoms with Gasteiger partial charge in [-0.1, -0.05) is 5.04 Å². The van der Waals surface area contributed by atoms with E-state index in [4.69, 9.17) is 9.44 Å². The van der Waals surface area contributed by atoms with Gasteiger partial charge in [0.05, 0.1) is 6.10 Å². The molecule has 0 aromatic heterocycles. The fraction of sp³-hybridized carbons (Fsp3) is 0.889. The second-order valence-electron chi connectivity index (χ2n) is 5.10. The summed E-state index contributed by atoms with van der Waals surface area (Å²) in [7, 11) is -3.91. The van der Waals surface area contributed by atoms with Crippen molar-refractivity contribution in [3.05, 3.63) is 0 Å². The van der Waals surface area contributed by atoms with Gasteiger partial charge in [0.15, 0.2) is 0 Å². The van der Waals surface area contributed by atoms with Crippen molar-refractivity contribution in [2.75, 3.05) is 0 Å². The molecule has 12 heteroatoms. The summed E-state index contributed by atoms with van der Waals surface area (Å²) in [5.41, 5.74) is 0. The molecule has 0 aromatic rings. The third-order valence-corrected chi connectivity index (χ3v) is 6.34. The molecule has 0 aromatic carbocycles. The maximum Gasteiger partial charge on any atom is 0.415 e. The molecular weight excluding hydrogens is 338 g/mol. The first kappa shape index (κ1) is 15.4. The normalized spacial score (nSPS) is 39.7. The standard InChI is InChI=1S/C9H10F2O8S2/c10-9(11,20-19-18-13)8(12)16-6-3-1-4-5(2-3)17-21(14,15)7(4)6/h3-7,13H,1-2H2. The van der Waals surface area contributed by atoms with Gasteiger partial charge in [-0.2, -0.15) is 17.2 Å². The molecule has 0 radical (unpaired) electrons. The quantitative estimate of drug-likeness (QED) is 0.252. The van der Waals surface area contributed by atoms with Crippen LogP contribution in [-0.4, -0.2) is 42.4 Å². The predicted molar refractivity (Wildman–Crippen MR) is 61.0 cm³/mol. The molecule has 3 fully saturated rings. The van der Waals surface area contributed by atoms with Crippen LogP contribution >= 0.6 is 12.0 Å². The third kappa shape index (κ3) is 2.43. The predicted octanol–water partition coefficient (Wildman–Crippen LogP) is 0.697. The minimum atomic E-state index is -4.15. The second-order valence-corrected chi connectivity index (χ2v) is 7.64. The van der Waals surface area contributed by atoms with Gasteiger partial charge in [0.2, 0.25) is 0 Å². The fourth-order valence-electron chi connectivity index (χ4n) is 3.37. The van der Waals surface area contributed by atoms with Crippen molar-refractivity contribution in [2.24, 2.45) is 11.8 Å². The van der Waals surface area contributed by atoms with E-state index >= 15 is 0 Å². The van der Waals surface area contributed by atoms with Gasteiger partial charge in [0, 0.05) is 11.8 Å². The van der Waals surface area contributed by atoms with E-state index in [2.05, 4.69) is 14.1 Å². The zero-order valence-corrected chi connectivity index (χ0v) is 11.8. The molecule has 1 aliphatic heterocycles. The number of carbonyl (C=O) groups is 1. The van der Waals surface area contributed by atoms with Crippen molar-refractivity contribution in [3.8, 4) is 0 Å². The van der Waals surface area contributed by atoms with E-state index in [1.807, 2.05) is 0 Å². The van der Waals surface area contributed by atoms with Gasteiger partial charge in [-0.05, 0) is 12.8 Å². The van der Waals surface area contributed by atoms with E-state index in [-0.39, 0.29) is 11.8 Å². The summed E-state index contributed by atoms with van der Waals surface area (Å²) in [4.78, 5) is 11.4. The molecular formula is C9H10F2O8S2. The Balaban J connectivity index is 1.73. The number of hydrogen-bond acceptors (Lipinski definition) is 9. The van der Waals surface area contributed by atoms with E-state index in [0.29, 0.717) is 12.8 Å². The molecule has 1 heterocycles. The van der Waals surface area contributed by atoms with Crippen molar-refractivity contribution >= 4 is 28.1 Å². The number of fused-ring (bicyclic) bond motifs is 1. The molecule has 5 atom stereocenters. The minimum absolute atomic E-state index is 0.318. The minimum Gasteiger partial charge on any atom is -0.455 e. The Bertz CT molecular complexity index is 550. The Labute approximate surface area is 121 Å². The average Bonchev–Trinajstić information content (AvgIpc) is 2.97. The lowest BCUT2D eigenvalue weighted by atomic mass is 9.95. The lowest BCUT2D eigenvalue weighted by Crippen LogP contribution is -2.42. The summed E-state index contributed by atoms with van der Waals surface area (Å²) in [6, 6.07) is 0. The van der Waals surface area contributed by atoms with Crippen LogP contribution in [0.1, 0.15) is 12.8 Å². The van der Waals surface area contributed by atoms with Crippen LogP contribution < -0.4 is 0 Å². The SMILES string of the molecule is O=C(OC1C2CC3OS(=O)(=O)C1C3C2)C(F)(F)SOOO. The van der Waals surface area contributed by atoms with Crippen LogP contribution in [0.3, 0.4) is 0 Å². The van der Waals surface area contributed by atoms with Gasteiger partial charge in [0.25, 0.3) is 10.1 Å². The van der Waals surface area contributed by atoms with E-state index in [0.717, 1.165) is 0 Å². The molecule has 3 rings (SSSR count). The van der Waals surface area contributed by atoms with Crippen LogP contribution in [0.15, 0.2) is 0 Å². The number of rotatable bonds is 5. The van der Waals surface area contributed by atoms with Crippen LogP contribution in [0, 0.1) is 11.8 Å². The monoisotopic (exact) mass is 348 g/mol. The average molecular weight is 348 g/mol.